The van der Waals surface area contributed by atoms with Gasteiger partial charge >= 0.3 is 0 Å². The summed E-state index contributed by atoms with van der Waals surface area (Å²) in [5.74, 6) is 0. The summed E-state index contributed by atoms with van der Waals surface area (Å²) in [6, 6.07) is 0. The van der Waals surface area contributed by atoms with Crippen LogP contribution in [0.5, 0.6) is 0 Å². The van der Waals surface area contributed by atoms with Gasteiger partial charge in [-0.05, 0) is 45.3 Å². The molecule has 1 aliphatic rings. The molecule has 3 N–H and O–H groups in total. The lowest BCUT2D eigenvalue weighted by Gasteiger charge is -2.16. The van der Waals surface area contributed by atoms with Crippen molar-refractivity contribution in [1.82, 2.24) is 4.90 Å². The maximum atomic E-state index is 9.40. The standard InChI is InChI=1S/C9H20N2O/c10-5-3-9(12)4-8-11-6-1-2-7-11/h9,12H,1-8,10H2. The molecule has 12 heavy (non-hydrogen) atoms. The van der Waals surface area contributed by atoms with Crippen LogP contribution < -0.4 is 5.73 Å². The van der Waals surface area contributed by atoms with Gasteiger partial charge in [0.15, 0.2) is 0 Å². The molecule has 0 aromatic carbocycles. The maximum absolute atomic E-state index is 9.40. The van der Waals surface area contributed by atoms with Crippen molar-refractivity contribution < 1.29 is 5.11 Å². The Morgan fingerprint density at radius 3 is 2.50 bits per heavy atom. The Hall–Kier alpha value is -0.120. The molecule has 0 saturated carbocycles. The third-order valence-corrected chi connectivity index (χ3v) is 2.48. The first-order valence-corrected chi connectivity index (χ1v) is 4.93. The molecule has 1 fully saturated rings. The van der Waals surface area contributed by atoms with E-state index in [9.17, 15) is 5.11 Å². The summed E-state index contributed by atoms with van der Waals surface area (Å²) in [7, 11) is 0. The highest BCUT2D eigenvalue weighted by molar-refractivity contribution is 4.68. The molecule has 0 bridgehead atoms. The molecule has 0 aromatic rings. The van der Waals surface area contributed by atoms with E-state index in [1.54, 1.807) is 0 Å². The van der Waals surface area contributed by atoms with Crippen molar-refractivity contribution in [2.75, 3.05) is 26.2 Å². The minimum absolute atomic E-state index is 0.185. The first kappa shape index (κ1) is 9.96. The van der Waals surface area contributed by atoms with Crippen LogP contribution in [0.4, 0.5) is 0 Å². The van der Waals surface area contributed by atoms with Crippen LogP contribution in [0, 0.1) is 0 Å². The Kier molecular flexibility index (Phi) is 4.58. The second kappa shape index (κ2) is 5.51. The molecule has 0 aliphatic carbocycles. The predicted octanol–water partition coefficient (Wildman–Crippen LogP) is 0.182. The quantitative estimate of drug-likeness (QED) is 0.622. The molecule has 0 amide bonds. The fourth-order valence-electron chi connectivity index (χ4n) is 1.67. The molecule has 1 atom stereocenters. The van der Waals surface area contributed by atoms with Crippen molar-refractivity contribution in [3.05, 3.63) is 0 Å². The van der Waals surface area contributed by atoms with Gasteiger partial charge in [-0.25, -0.2) is 0 Å². The second-order valence-electron chi connectivity index (χ2n) is 3.57. The van der Waals surface area contributed by atoms with E-state index in [-0.39, 0.29) is 6.10 Å². The Bertz CT molecular complexity index is 113. The van der Waals surface area contributed by atoms with E-state index in [2.05, 4.69) is 4.90 Å². The average molecular weight is 172 g/mol. The van der Waals surface area contributed by atoms with E-state index in [0.29, 0.717) is 6.54 Å². The van der Waals surface area contributed by atoms with Crippen LogP contribution in [0.2, 0.25) is 0 Å². The molecule has 1 saturated heterocycles. The molecule has 0 radical (unpaired) electrons. The van der Waals surface area contributed by atoms with Crippen LogP contribution in [0.3, 0.4) is 0 Å². The number of hydrogen-bond donors (Lipinski definition) is 2. The molecule has 3 heteroatoms. The van der Waals surface area contributed by atoms with Crippen LogP contribution in [0.25, 0.3) is 0 Å². The summed E-state index contributed by atoms with van der Waals surface area (Å²) in [6.07, 6.45) is 4.10. The minimum Gasteiger partial charge on any atom is -0.393 e. The van der Waals surface area contributed by atoms with Gasteiger partial charge in [0, 0.05) is 6.54 Å². The SMILES string of the molecule is NCCC(O)CCN1CCCC1. The highest BCUT2D eigenvalue weighted by atomic mass is 16.3. The van der Waals surface area contributed by atoms with E-state index in [0.717, 1.165) is 19.4 Å². The number of nitrogens with two attached hydrogens (primary N) is 1. The fraction of sp³-hybridized carbons (Fsp3) is 1.00. The van der Waals surface area contributed by atoms with E-state index in [1.807, 2.05) is 0 Å². The smallest absolute Gasteiger partial charge is 0.0564 e. The molecule has 0 spiro atoms. The maximum Gasteiger partial charge on any atom is 0.0564 e. The first-order valence-electron chi connectivity index (χ1n) is 4.93. The van der Waals surface area contributed by atoms with Gasteiger partial charge in [0.1, 0.15) is 0 Å². The largest absolute Gasteiger partial charge is 0.393 e. The summed E-state index contributed by atoms with van der Waals surface area (Å²) in [6.45, 7) is 4.08. The van der Waals surface area contributed by atoms with Gasteiger partial charge in [-0.1, -0.05) is 0 Å². The molecule has 1 aliphatic heterocycles. The van der Waals surface area contributed by atoms with Gasteiger partial charge in [-0.2, -0.15) is 0 Å². The number of rotatable bonds is 5. The van der Waals surface area contributed by atoms with Crippen molar-refractivity contribution in [3.63, 3.8) is 0 Å². The van der Waals surface area contributed by atoms with E-state index in [4.69, 9.17) is 5.73 Å². The molecule has 1 unspecified atom stereocenters. The molecule has 3 nitrogen and oxygen atoms in total. The van der Waals surface area contributed by atoms with Crippen LogP contribution in [-0.4, -0.2) is 42.3 Å². The zero-order chi connectivity index (χ0) is 8.81. The van der Waals surface area contributed by atoms with Crippen molar-refractivity contribution in [2.45, 2.75) is 31.8 Å². The molecule has 1 rings (SSSR count). The van der Waals surface area contributed by atoms with Gasteiger partial charge in [0.2, 0.25) is 0 Å². The van der Waals surface area contributed by atoms with Gasteiger partial charge in [-0.15, -0.1) is 0 Å². The van der Waals surface area contributed by atoms with E-state index < -0.39 is 0 Å². The summed E-state index contributed by atoms with van der Waals surface area (Å²) >= 11 is 0. The summed E-state index contributed by atoms with van der Waals surface area (Å²) in [4.78, 5) is 2.42. The number of nitrogens with zero attached hydrogens (tertiary/aromatic N) is 1. The third-order valence-electron chi connectivity index (χ3n) is 2.48. The predicted molar refractivity (Wildman–Crippen MR) is 50.0 cm³/mol. The number of likely N-dealkylation sites (tertiary alicyclic amines) is 1. The van der Waals surface area contributed by atoms with Crippen LogP contribution in [0.15, 0.2) is 0 Å². The Morgan fingerprint density at radius 1 is 1.25 bits per heavy atom. The van der Waals surface area contributed by atoms with Crippen molar-refractivity contribution >= 4 is 0 Å². The average Bonchev–Trinajstić information content (AvgIpc) is 2.53. The molecular formula is C9H20N2O. The van der Waals surface area contributed by atoms with Crippen LogP contribution in [-0.2, 0) is 0 Å². The van der Waals surface area contributed by atoms with Crippen LogP contribution in [0.1, 0.15) is 25.7 Å². The van der Waals surface area contributed by atoms with Gasteiger partial charge in [0.05, 0.1) is 6.10 Å². The summed E-state index contributed by atoms with van der Waals surface area (Å²) in [5.41, 5.74) is 5.34. The lowest BCUT2D eigenvalue weighted by atomic mass is 10.2. The Labute approximate surface area is 74.5 Å². The summed E-state index contributed by atoms with van der Waals surface area (Å²) < 4.78 is 0. The van der Waals surface area contributed by atoms with Crippen molar-refractivity contribution in [2.24, 2.45) is 5.73 Å². The molecule has 0 aromatic heterocycles. The minimum atomic E-state index is -0.185. The van der Waals surface area contributed by atoms with Gasteiger partial charge in [0.25, 0.3) is 0 Å². The number of aliphatic hydroxyl groups excluding tert-OH is 1. The fourth-order valence-corrected chi connectivity index (χ4v) is 1.67. The highest BCUT2D eigenvalue weighted by Crippen LogP contribution is 2.08. The zero-order valence-electron chi connectivity index (χ0n) is 7.71. The Morgan fingerprint density at radius 2 is 1.92 bits per heavy atom. The van der Waals surface area contributed by atoms with Crippen molar-refractivity contribution in [3.8, 4) is 0 Å². The van der Waals surface area contributed by atoms with Gasteiger partial charge in [-0.3, -0.25) is 0 Å². The highest BCUT2D eigenvalue weighted by Gasteiger charge is 2.12. The van der Waals surface area contributed by atoms with Gasteiger partial charge < -0.3 is 15.7 Å². The molecule has 1 heterocycles. The molecule has 72 valence electrons. The third kappa shape index (κ3) is 3.52. The molecular weight excluding hydrogens is 152 g/mol. The first-order chi connectivity index (χ1) is 5.83. The van der Waals surface area contributed by atoms with E-state index in [1.165, 1.54) is 25.9 Å². The number of hydrogen-bond acceptors (Lipinski definition) is 3. The summed E-state index contributed by atoms with van der Waals surface area (Å²) in [5, 5.41) is 9.40. The number of aliphatic hydroxyl groups is 1. The monoisotopic (exact) mass is 172 g/mol. The van der Waals surface area contributed by atoms with E-state index >= 15 is 0 Å². The van der Waals surface area contributed by atoms with Crippen molar-refractivity contribution in [1.29, 1.82) is 0 Å². The lowest BCUT2D eigenvalue weighted by molar-refractivity contribution is 0.140. The normalized spacial score (nSPS) is 21.5. The zero-order valence-corrected chi connectivity index (χ0v) is 7.71. The lowest BCUT2D eigenvalue weighted by Crippen LogP contribution is -2.25. The topological polar surface area (TPSA) is 49.5 Å². The Balaban J connectivity index is 1.99. The second-order valence-corrected chi connectivity index (χ2v) is 3.57. The van der Waals surface area contributed by atoms with Crippen LogP contribution >= 0.6 is 0 Å².